The second-order valence-corrected chi connectivity index (χ2v) is 9.87. The Morgan fingerprint density at radius 3 is 2.12 bits per heavy atom. The Bertz CT molecular complexity index is 591. The Labute approximate surface area is 149 Å². The number of nitrogens with zero attached hydrogens (tertiary/aromatic N) is 1. The van der Waals surface area contributed by atoms with E-state index in [2.05, 4.69) is 5.32 Å². The van der Waals surface area contributed by atoms with Crippen LogP contribution in [-0.4, -0.2) is 34.7 Å². The Morgan fingerprint density at radius 1 is 1.12 bits per heavy atom. The van der Waals surface area contributed by atoms with Gasteiger partial charge in [0.25, 0.3) is 5.91 Å². The first-order chi connectivity index (χ1) is 11.7. The lowest BCUT2D eigenvalue weighted by molar-refractivity contribution is -0.147. The van der Waals surface area contributed by atoms with E-state index in [1.807, 2.05) is 13.8 Å². The fourth-order valence-corrected chi connectivity index (χ4v) is 6.61. The number of hydrogen-bond donors (Lipinski definition) is 1. The summed E-state index contributed by atoms with van der Waals surface area (Å²) in [5.74, 6) is 2.25. The number of carbonyl (C=O) groups excluding carboxylic acids is 3. The van der Waals surface area contributed by atoms with Crippen molar-refractivity contribution in [3.8, 4) is 0 Å². The third-order valence-corrected chi connectivity index (χ3v) is 7.09. The predicted molar refractivity (Wildman–Crippen MR) is 93.7 cm³/mol. The summed E-state index contributed by atoms with van der Waals surface area (Å²) in [5.41, 5.74) is -1.13. The van der Waals surface area contributed by atoms with Gasteiger partial charge in [-0.1, -0.05) is 13.8 Å². The molecular formula is C20H30N2O3. The number of Topliss-reactive ketones (excluding diaryl/α,β-unsaturated/α-hetero) is 1. The van der Waals surface area contributed by atoms with Gasteiger partial charge in [-0.25, -0.2) is 4.79 Å². The molecule has 1 heterocycles. The van der Waals surface area contributed by atoms with E-state index in [4.69, 9.17) is 0 Å². The molecule has 0 aromatic carbocycles. The summed E-state index contributed by atoms with van der Waals surface area (Å²) in [4.78, 5) is 39.6. The van der Waals surface area contributed by atoms with Gasteiger partial charge in [-0.2, -0.15) is 0 Å². The van der Waals surface area contributed by atoms with E-state index in [1.165, 1.54) is 24.2 Å². The molecule has 138 valence electrons. The fourth-order valence-electron chi connectivity index (χ4n) is 6.61. The van der Waals surface area contributed by atoms with Crippen LogP contribution in [0.2, 0.25) is 0 Å². The first-order valence-corrected chi connectivity index (χ1v) is 9.88. The van der Waals surface area contributed by atoms with E-state index in [0.29, 0.717) is 30.1 Å². The van der Waals surface area contributed by atoms with Crippen molar-refractivity contribution in [2.24, 2.45) is 29.1 Å². The summed E-state index contributed by atoms with van der Waals surface area (Å²) >= 11 is 0. The number of hydrogen-bond acceptors (Lipinski definition) is 3. The molecule has 0 radical (unpaired) electrons. The Morgan fingerprint density at radius 2 is 1.64 bits per heavy atom. The van der Waals surface area contributed by atoms with Gasteiger partial charge < -0.3 is 5.32 Å². The van der Waals surface area contributed by atoms with Crippen LogP contribution in [0.1, 0.15) is 65.7 Å². The van der Waals surface area contributed by atoms with Crippen molar-refractivity contribution in [3.63, 3.8) is 0 Å². The highest BCUT2D eigenvalue weighted by Gasteiger charge is 2.56. The zero-order chi connectivity index (χ0) is 18.0. The van der Waals surface area contributed by atoms with Crippen LogP contribution in [-0.2, 0) is 9.59 Å². The lowest BCUT2D eigenvalue weighted by atomic mass is 9.48. The van der Waals surface area contributed by atoms with Crippen LogP contribution in [0.3, 0.4) is 0 Å². The molecule has 25 heavy (non-hydrogen) atoms. The quantitative estimate of drug-likeness (QED) is 0.778. The Balaban J connectivity index is 1.50. The molecule has 4 aliphatic carbocycles. The van der Waals surface area contributed by atoms with Crippen molar-refractivity contribution in [2.75, 3.05) is 6.54 Å². The lowest BCUT2D eigenvalue weighted by Gasteiger charge is -2.56. The van der Waals surface area contributed by atoms with E-state index in [0.717, 1.165) is 19.3 Å². The average Bonchev–Trinajstić information content (AvgIpc) is 2.68. The van der Waals surface area contributed by atoms with Gasteiger partial charge >= 0.3 is 6.03 Å². The predicted octanol–water partition coefficient (Wildman–Crippen LogP) is 3.13. The molecule has 0 aromatic rings. The topological polar surface area (TPSA) is 66.5 Å². The summed E-state index contributed by atoms with van der Waals surface area (Å²) in [7, 11) is 0. The van der Waals surface area contributed by atoms with E-state index in [-0.39, 0.29) is 23.7 Å². The van der Waals surface area contributed by atoms with Crippen LogP contribution in [0.4, 0.5) is 4.79 Å². The molecule has 4 saturated carbocycles. The maximum atomic E-state index is 13.2. The van der Waals surface area contributed by atoms with Gasteiger partial charge in [0.1, 0.15) is 5.54 Å². The van der Waals surface area contributed by atoms with Crippen LogP contribution < -0.4 is 5.32 Å². The minimum absolute atomic E-state index is 0.0372. The van der Waals surface area contributed by atoms with Gasteiger partial charge in [0, 0.05) is 5.41 Å². The largest absolute Gasteiger partial charge is 0.325 e. The normalized spacial score (nSPS) is 42.4. The number of amides is 3. The molecule has 1 atom stereocenters. The van der Waals surface area contributed by atoms with Crippen molar-refractivity contribution in [1.82, 2.24) is 10.2 Å². The SMILES string of the molecule is CC(C)C[C@]1(C)NC(=O)N(CC(=O)C23CC4CC(CC(C4)C2)C3)C1=O. The van der Waals surface area contributed by atoms with Crippen LogP contribution in [0.25, 0.3) is 0 Å². The van der Waals surface area contributed by atoms with Crippen LogP contribution in [0.5, 0.6) is 0 Å². The minimum atomic E-state index is -0.868. The molecule has 0 aromatic heterocycles. The molecule has 3 amide bonds. The fraction of sp³-hybridized carbons (Fsp3) is 0.850. The molecular weight excluding hydrogens is 316 g/mol. The standard InChI is InChI=1S/C20H30N2O3/c1-12(2)7-19(3)17(24)22(18(25)21-19)11-16(23)20-8-13-4-14(9-20)6-15(5-13)10-20/h12-15H,4-11H2,1-3H3,(H,21,25)/t13?,14?,15?,19-,20?/m0/s1. The first kappa shape index (κ1) is 17.0. The molecule has 5 rings (SSSR count). The smallest absolute Gasteiger partial charge is 0.323 e. The van der Waals surface area contributed by atoms with Gasteiger partial charge in [0.15, 0.2) is 5.78 Å². The number of imide groups is 1. The Hall–Kier alpha value is -1.39. The zero-order valence-electron chi connectivity index (χ0n) is 15.6. The summed E-state index contributed by atoms with van der Waals surface area (Å²) in [5, 5.41) is 2.83. The molecule has 0 spiro atoms. The van der Waals surface area contributed by atoms with Gasteiger partial charge in [0.2, 0.25) is 0 Å². The summed E-state index contributed by atoms with van der Waals surface area (Å²) in [6.45, 7) is 5.81. The molecule has 4 bridgehead atoms. The molecule has 0 unspecified atom stereocenters. The third kappa shape index (κ3) is 2.70. The van der Waals surface area contributed by atoms with Gasteiger partial charge in [-0.15, -0.1) is 0 Å². The van der Waals surface area contributed by atoms with Gasteiger partial charge in [0.05, 0.1) is 6.54 Å². The van der Waals surface area contributed by atoms with Gasteiger partial charge in [-0.3, -0.25) is 14.5 Å². The third-order valence-electron chi connectivity index (χ3n) is 7.09. The highest BCUT2D eigenvalue weighted by atomic mass is 16.2. The Kier molecular flexibility index (Phi) is 3.79. The van der Waals surface area contributed by atoms with E-state index in [1.54, 1.807) is 6.92 Å². The van der Waals surface area contributed by atoms with Crippen molar-refractivity contribution in [2.45, 2.75) is 71.3 Å². The van der Waals surface area contributed by atoms with E-state index in [9.17, 15) is 14.4 Å². The van der Waals surface area contributed by atoms with E-state index >= 15 is 0 Å². The molecule has 1 saturated heterocycles. The minimum Gasteiger partial charge on any atom is -0.323 e. The molecule has 5 aliphatic rings. The second-order valence-electron chi connectivity index (χ2n) is 9.87. The highest BCUT2D eigenvalue weighted by molar-refractivity contribution is 6.09. The monoisotopic (exact) mass is 346 g/mol. The molecule has 1 N–H and O–H groups in total. The summed E-state index contributed by atoms with van der Waals surface area (Å²) < 4.78 is 0. The van der Waals surface area contributed by atoms with E-state index < -0.39 is 11.6 Å². The summed E-state index contributed by atoms with van der Waals surface area (Å²) in [6.07, 6.45) is 7.37. The molecule has 5 fully saturated rings. The number of nitrogens with one attached hydrogen (secondary N) is 1. The zero-order valence-corrected chi connectivity index (χ0v) is 15.6. The van der Waals surface area contributed by atoms with Gasteiger partial charge in [-0.05, 0) is 75.5 Å². The highest BCUT2D eigenvalue weighted by Crippen LogP contribution is 2.60. The van der Waals surface area contributed by atoms with Crippen molar-refractivity contribution in [1.29, 1.82) is 0 Å². The number of carbonyl (C=O) groups is 3. The number of urea groups is 1. The van der Waals surface area contributed by atoms with Crippen LogP contribution in [0, 0.1) is 29.1 Å². The number of ketones is 1. The lowest BCUT2D eigenvalue weighted by Crippen LogP contribution is -2.53. The maximum absolute atomic E-state index is 13.2. The number of rotatable bonds is 5. The van der Waals surface area contributed by atoms with Crippen LogP contribution >= 0.6 is 0 Å². The summed E-state index contributed by atoms with van der Waals surface area (Å²) in [6, 6.07) is -0.397. The average molecular weight is 346 g/mol. The first-order valence-electron chi connectivity index (χ1n) is 9.88. The molecule has 5 nitrogen and oxygen atoms in total. The maximum Gasteiger partial charge on any atom is 0.325 e. The molecule has 1 aliphatic heterocycles. The van der Waals surface area contributed by atoms with Crippen molar-refractivity contribution in [3.05, 3.63) is 0 Å². The van der Waals surface area contributed by atoms with Crippen LogP contribution in [0.15, 0.2) is 0 Å². The van der Waals surface area contributed by atoms with Crippen molar-refractivity contribution < 1.29 is 14.4 Å². The van der Waals surface area contributed by atoms with Crippen molar-refractivity contribution >= 4 is 17.7 Å². The molecule has 5 heteroatoms. The second kappa shape index (κ2) is 5.55.